The number of hydrogen-bond acceptors (Lipinski definition) is 1. The summed E-state index contributed by atoms with van der Waals surface area (Å²) < 4.78 is 0. The Balaban J connectivity index is 2.66. The number of fused-ring (bicyclic) bond motifs is 1. The summed E-state index contributed by atoms with van der Waals surface area (Å²) in [5.41, 5.74) is 5.88. The van der Waals surface area contributed by atoms with E-state index >= 15 is 0 Å². The van der Waals surface area contributed by atoms with Gasteiger partial charge in [-0.25, -0.2) is 0 Å². The predicted molar refractivity (Wildman–Crippen MR) is 72.1 cm³/mol. The topological polar surface area (TPSA) is 17.1 Å². The van der Waals surface area contributed by atoms with E-state index in [1.807, 2.05) is 6.92 Å². The summed E-state index contributed by atoms with van der Waals surface area (Å²) in [5.74, 6) is 0. The molecule has 0 aliphatic heterocycles. The van der Waals surface area contributed by atoms with Gasteiger partial charge in [0.1, 0.15) is 0 Å². The molecule has 0 N–H and O–H groups in total. The lowest BCUT2D eigenvalue weighted by molar-refractivity contribution is 0.112. The quantitative estimate of drug-likeness (QED) is 0.716. The third-order valence-corrected chi connectivity index (χ3v) is 4.90. The standard InChI is InChI=1S/C15H19ClO/c1-5-15(4)6-11-9(2)10(3)13(8-17)14(16)12(11)7-15/h8H,5-7H2,1-4H3. The molecule has 2 heteroatoms. The normalized spacial score (nSPS) is 22.6. The zero-order valence-corrected chi connectivity index (χ0v) is 11.7. The number of carbonyl (C=O) groups is 1. The first-order valence-electron chi connectivity index (χ1n) is 6.19. The van der Waals surface area contributed by atoms with E-state index in [1.54, 1.807) is 0 Å². The molecule has 1 aliphatic carbocycles. The highest BCUT2D eigenvalue weighted by atomic mass is 35.5. The van der Waals surface area contributed by atoms with Gasteiger partial charge in [0, 0.05) is 5.56 Å². The Bertz CT molecular complexity index is 490. The first kappa shape index (κ1) is 12.6. The van der Waals surface area contributed by atoms with Crippen molar-refractivity contribution in [3.05, 3.63) is 32.8 Å². The Kier molecular flexibility index (Phi) is 3.07. The molecule has 0 fully saturated rings. The molecular weight excluding hydrogens is 232 g/mol. The zero-order valence-electron chi connectivity index (χ0n) is 11.0. The van der Waals surface area contributed by atoms with Crippen LogP contribution in [0.2, 0.25) is 5.02 Å². The number of rotatable bonds is 2. The molecule has 92 valence electrons. The van der Waals surface area contributed by atoms with Crippen molar-refractivity contribution in [2.24, 2.45) is 5.41 Å². The summed E-state index contributed by atoms with van der Waals surface area (Å²) in [6.07, 6.45) is 4.13. The molecule has 0 spiro atoms. The molecule has 1 nitrogen and oxygen atoms in total. The molecular formula is C15H19ClO. The Morgan fingerprint density at radius 2 is 1.82 bits per heavy atom. The van der Waals surface area contributed by atoms with Crippen LogP contribution in [0, 0.1) is 19.3 Å². The van der Waals surface area contributed by atoms with Crippen LogP contribution in [0.25, 0.3) is 0 Å². The minimum absolute atomic E-state index is 0.310. The van der Waals surface area contributed by atoms with Crippen LogP contribution in [0.4, 0.5) is 0 Å². The molecule has 1 atom stereocenters. The molecule has 0 aromatic heterocycles. The third kappa shape index (κ3) is 1.81. The first-order valence-corrected chi connectivity index (χ1v) is 6.57. The van der Waals surface area contributed by atoms with Gasteiger partial charge < -0.3 is 0 Å². The van der Waals surface area contributed by atoms with E-state index in [1.165, 1.54) is 16.7 Å². The number of hydrogen-bond donors (Lipinski definition) is 0. The van der Waals surface area contributed by atoms with Crippen LogP contribution in [0.5, 0.6) is 0 Å². The maximum Gasteiger partial charge on any atom is 0.151 e. The summed E-state index contributed by atoms with van der Waals surface area (Å²) in [6.45, 7) is 8.63. The van der Waals surface area contributed by atoms with Gasteiger partial charge in [-0.1, -0.05) is 31.9 Å². The second kappa shape index (κ2) is 4.13. The summed E-state index contributed by atoms with van der Waals surface area (Å²) in [6, 6.07) is 0. The van der Waals surface area contributed by atoms with Crippen LogP contribution in [-0.2, 0) is 12.8 Å². The largest absolute Gasteiger partial charge is 0.298 e. The molecule has 0 saturated heterocycles. The minimum Gasteiger partial charge on any atom is -0.298 e. The molecule has 1 unspecified atom stereocenters. The van der Waals surface area contributed by atoms with Gasteiger partial charge in [0.05, 0.1) is 5.02 Å². The van der Waals surface area contributed by atoms with E-state index in [0.717, 1.165) is 31.1 Å². The molecule has 1 aliphatic rings. The molecule has 0 saturated carbocycles. The monoisotopic (exact) mass is 250 g/mol. The summed E-state index contributed by atoms with van der Waals surface area (Å²) in [7, 11) is 0. The average molecular weight is 251 g/mol. The van der Waals surface area contributed by atoms with E-state index in [4.69, 9.17) is 11.6 Å². The van der Waals surface area contributed by atoms with E-state index in [2.05, 4.69) is 20.8 Å². The van der Waals surface area contributed by atoms with Gasteiger partial charge in [0.2, 0.25) is 0 Å². The highest BCUT2D eigenvalue weighted by Crippen LogP contribution is 2.45. The van der Waals surface area contributed by atoms with Crippen LogP contribution >= 0.6 is 11.6 Å². The second-order valence-corrected chi connectivity index (χ2v) is 5.95. The van der Waals surface area contributed by atoms with Crippen LogP contribution < -0.4 is 0 Å². The fourth-order valence-corrected chi connectivity index (χ4v) is 3.21. The van der Waals surface area contributed by atoms with Crippen LogP contribution in [0.1, 0.15) is 52.9 Å². The fourth-order valence-electron chi connectivity index (χ4n) is 2.84. The maximum atomic E-state index is 11.1. The van der Waals surface area contributed by atoms with Crippen molar-refractivity contribution in [1.29, 1.82) is 0 Å². The van der Waals surface area contributed by atoms with Gasteiger partial charge in [-0.05, 0) is 54.4 Å². The number of benzene rings is 1. The van der Waals surface area contributed by atoms with E-state index in [-0.39, 0.29) is 0 Å². The SMILES string of the molecule is CCC1(C)Cc2c(C)c(C)c(C=O)c(Cl)c2C1. The first-order chi connectivity index (χ1) is 7.93. The van der Waals surface area contributed by atoms with Gasteiger partial charge >= 0.3 is 0 Å². The Hall–Kier alpha value is -0.820. The van der Waals surface area contributed by atoms with Crippen molar-refractivity contribution in [3.63, 3.8) is 0 Å². The van der Waals surface area contributed by atoms with Crippen molar-refractivity contribution in [3.8, 4) is 0 Å². The second-order valence-electron chi connectivity index (χ2n) is 5.57. The molecule has 1 aromatic carbocycles. The van der Waals surface area contributed by atoms with Gasteiger partial charge in [0.25, 0.3) is 0 Å². The third-order valence-electron chi connectivity index (χ3n) is 4.46. The van der Waals surface area contributed by atoms with Gasteiger partial charge in [-0.15, -0.1) is 0 Å². The van der Waals surface area contributed by atoms with E-state index in [9.17, 15) is 4.79 Å². The zero-order chi connectivity index (χ0) is 12.8. The maximum absolute atomic E-state index is 11.1. The van der Waals surface area contributed by atoms with E-state index < -0.39 is 0 Å². The lowest BCUT2D eigenvalue weighted by atomic mass is 9.84. The van der Waals surface area contributed by atoms with E-state index in [0.29, 0.717) is 16.0 Å². The average Bonchev–Trinajstić information content (AvgIpc) is 2.67. The lowest BCUT2D eigenvalue weighted by Crippen LogP contribution is -2.14. The molecule has 17 heavy (non-hydrogen) atoms. The van der Waals surface area contributed by atoms with Crippen molar-refractivity contribution >= 4 is 17.9 Å². The van der Waals surface area contributed by atoms with Gasteiger partial charge in [-0.2, -0.15) is 0 Å². The molecule has 0 amide bonds. The van der Waals surface area contributed by atoms with Crippen molar-refractivity contribution in [1.82, 2.24) is 0 Å². The minimum atomic E-state index is 0.310. The summed E-state index contributed by atoms with van der Waals surface area (Å²) >= 11 is 6.38. The molecule has 1 aromatic rings. The van der Waals surface area contributed by atoms with Crippen LogP contribution in [0.15, 0.2) is 0 Å². The van der Waals surface area contributed by atoms with Gasteiger partial charge in [0.15, 0.2) is 6.29 Å². The summed E-state index contributed by atoms with van der Waals surface area (Å²) in [5, 5.41) is 0.690. The van der Waals surface area contributed by atoms with Crippen LogP contribution in [-0.4, -0.2) is 6.29 Å². The molecule has 0 heterocycles. The Labute approximate surface area is 108 Å². The summed E-state index contributed by atoms with van der Waals surface area (Å²) in [4.78, 5) is 11.1. The predicted octanol–water partition coefficient (Wildman–Crippen LogP) is 4.28. The van der Waals surface area contributed by atoms with Gasteiger partial charge in [-0.3, -0.25) is 4.79 Å². The highest BCUT2D eigenvalue weighted by molar-refractivity contribution is 6.34. The molecule has 0 radical (unpaired) electrons. The lowest BCUT2D eigenvalue weighted by Gasteiger charge is -2.20. The van der Waals surface area contributed by atoms with Crippen molar-refractivity contribution < 1.29 is 4.79 Å². The number of aldehydes is 1. The fraction of sp³-hybridized carbons (Fsp3) is 0.533. The molecule has 0 bridgehead atoms. The molecule has 2 rings (SSSR count). The number of halogens is 1. The Morgan fingerprint density at radius 3 is 2.35 bits per heavy atom. The highest BCUT2D eigenvalue weighted by Gasteiger charge is 2.35. The smallest absolute Gasteiger partial charge is 0.151 e. The number of carbonyl (C=O) groups excluding carboxylic acids is 1. The van der Waals surface area contributed by atoms with Crippen LogP contribution in [0.3, 0.4) is 0 Å². The van der Waals surface area contributed by atoms with Crippen molar-refractivity contribution in [2.75, 3.05) is 0 Å². The van der Waals surface area contributed by atoms with Crippen molar-refractivity contribution in [2.45, 2.75) is 47.0 Å². The Morgan fingerprint density at radius 1 is 1.24 bits per heavy atom.